The molecule has 4 rings (SSSR count). The predicted molar refractivity (Wildman–Crippen MR) is 130 cm³/mol. The van der Waals surface area contributed by atoms with Gasteiger partial charge in [-0.2, -0.15) is 0 Å². The number of thiazole rings is 1. The molecule has 35 heavy (non-hydrogen) atoms. The van der Waals surface area contributed by atoms with Gasteiger partial charge in [-0.3, -0.25) is 19.2 Å². The Hall–Kier alpha value is -3.51. The van der Waals surface area contributed by atoms with Crippen molar-refractivity contribution in [2.45, 2.75) is 47.9 Å². The molecular formula is C23H23N5O5S2. The Morgan fingerprint density at radius 2 is 1.91 bits per heavy atom. The summed E-state index contributed by atoms with van der Waals surface area (Å²) in [6.07, 6.45) is 5.66. The van der Waals surface area contributed by atoms with E-state index in [9.17, 15) is 24.3 Å². The van der Waals surface area contributed by atoms with E-state index in [1.54, 1.807) is 42.7 Å². The van der Waals surface area contributed by atoms with Gasteiger partial charge in [-0.15, -0.1) is 0 Å². The molecule has 0 aliphatic heterocycles. The molecule has 1 aromatic carbocycles. The maximum absolute atomic E-state index is 13.1. The van der Waals surface area contributed by atoms with Crippen LogP contribution in [0.25, 0.3) is 0 Å². The van der Waals surface area contributed by atoms with Crippen LogP contribution in [0, 0.1) is 5.92 Å². The average Bonchev–Trinajstić information content (AvgIpc) is 3.58. The summed E-state index contributed by atoms with van der Waals surface area (Å²) in [5.74, 6) is -2.85. The number of aliphatic carboxylic acids is 1. The molecule has 0 atom stereocenters. The zero-order valence-electron chi connectivity index (χ0n) is 18.6. The Labute approximate surface area is 209 Å². The van der Waals surface area contributed by atoms with Crippen LogP contribution in [0.3, 0.4) is 0 Å². The molecule has 1 fully saturated rings. The van der Waals surface area contributed by atoms with E-state index in [1.807, 2.05) is 0 Å². The van der Waals surface area contributed by atoms with Crippen molar-refractivity contribution in [3.05, 3.63) is 48.4 Å². The Bertz CT molecular complexity index is 1210. The highest BCUT2D eigenvalue weighted by Crippen LogP contribution is 2.36. The molecule has 1 aliphatic rings. The van der Waals surface area contributed by atoms with Gasteiger partial charge in [-0.25, -0.2) is 14.9 Å². The summed E-state index contributed by atoms with van der Waals surface area (Å²) in [7, 11) is 0. The lowest BCUT2D eigenvalue weighted by Gasteiger charge is -2.23. The second-order valence-corrected chi connectivity index (χ2v) is 10.2. The molecule has 2 heterocycles. The Kier molecular flexibility index (Phi) is 7.93. The number of nitrogens with one attached hydrogen (secondary N) is 2. The van der Waals surface area contributed by atoms with Gasteiger partial charge in [0.2, 0.25) is 17.7 Å². The molecule has 0 radical (unpaired) electrons. The summed E-state index contributed by atoms with van der Waals surface area (Å²) < 4.78 is 0.561. The number of nitrogens with zero attached hydrogens (tertiary/aromatic N) is 3. The van der Waals surface area contributed by atoms with Crippen LogP contribution in [0.2, 0.25) is 0 Å². The fraction of sp³-hybridized carbons (Fsp3) is 0.304. The molecule has 1 saturated carbocycles. The minimum atomic E-state index is -1.06. The summed E-state index contributed by atoms with van der Waals surface area (Å²) in [6, 6.07) is 8.58. The SMILES string of the molecule is O=C(O)Cc1nc(NC(=O)CC(=O)N(C(=O)C2CCCC2)c2ccccc2)sc1Sc1ncc[nH]1. The van der Waals surface area contributed by atoms with Crippen LogP contribution in [0.1, 0.15) is 37.8 Å². The molecule has 12 heteroatoms. The third-order valence-corrected chi connectivity index (χ3v) is 7.53. The highest BCUT2D eigenvalue weighted by molar-refractivity contribution is 8.01. The van der Waals surface area contributed by atoms with Crippen molar-refractivity contribution in [3.8, 4) is 0 Å². The van der Waals surface area contributed by atoms with Crippen LogP contribution in [0.15, 0.2) is 52.1 Å². The van der Waals surface area contributed by atoms with E-state index in [1.165, 1.54) is 11.8 Å². The molecule has 0 saturated heterocycles. The fourth-order valence-corrected chi connectivity index (χ4v) is 5.85. The number of rotatable bonds is 9. The standard InChI is InChI=1S/C23H23N5O5S2/c29-17(27-23-26-16(12-19(31)32)21(35-23)34-22-24-10-11-25-22)13-18(30)28(15-8-2-1-3-9-15)20(33)14-6-4-5-7-14/h1-3,8-11,14H,4-7,12-13H2,(H,24,25)(H,31,32)(H,26,27,29). The number of H-pyrrole nitrogens is 1. The van der Waals surface area contributed by atoms with Crippen LogP contribution < -0.4 is 10.2 Å². The normalized spacial score (nSPS) is 13.5. The molecule has 0 bridgehead atoms. The number of hydrogen-bond donors (Lipinski definition) is 3. The number of amides is 3. The van der Waals surface area contributed by atoms with E-state index >= 15 is 0 Å². The van der Waals surface area contributed by atoms with Crippen LogP contribution >= 0.6 is 23.1 Å². The van der Waals surface area contributed by atoms with Gasteiger partial charge in [0.25, 0.3) is 0 Å². The van der Waals surface area contributed by atoms with Gasteiger partial charge >= 0.3 is 5.97 Å². The van der Waals surface area contributed by atoms with Crippen molar-refractivity contribution in [2.24, 2.45) is 5.92 Å². The van der Waals surface area contributed by atoms with Crippen LogP contribution in [0.4, 0.5) is 10.8 Å². The smallest absolute Gasteiger partial charge is 0.309 e. The average molecular weight is 514 g/mol. The molecule has 0 spiro atoms. The van der Waals surface area contributed by atoms with Gasteiger partial charge in [-0.1, -0.05) is 42.4 Å². The van der Waals surface area contributed by atoms with E-state index in [2.05, 4.69) is 20.3 Å². The molecule has 10 nitrogen and oxygen atoms in total. The van der Waals surface area contributed by atoms with Gasteiger partial charge in [-0.05, 0) is 36.7 Å². The topological polar surface area (TPSA) is 145 Å². The lowest BCUT2D eigenvalue weighted by atomic mass is 10.1. The van der Waals surface area contributed by atoms with E-state index in [-0.39, 0.29) is 29.1 Å². The molecule has 3 amide bonds. The number of benzene rings is 1. The van der Waals surface area contributed by atoms with Crippen molar-refractivity contribution in [2.75, 3.05) is 10.2 Å². The number of para-hydroxylation sites is 1. The number of aromatic amines is 1. The highest BCUT2D eigenvalue weighted by Gasteiger charge is 2.33. The van der Waals surface area contributed by atoms with E-state index < -0.39 is 24.2 Å². The van der Waals surface area contributed by atoms with E-state index in [4.69, 9.17) is 0 Å². The van der Waals surface area contributed by atoms with Crippen molar-refractivity contribution < 1.29 is 24.3 Å². The lowest BCUT2D eigenvalue weighted by Crippen LogP contribution is -2.41. The van der Waals surface area contributed by atoms with Crippen LogP contribution in [-0.4, -0.2) is 43.7 Å². The minimum Gasteiger partial charge on any atom is -0.481 e. The first kappa shape index (κ1) is 24.6. The molecule has 0 unspecified atom stereocenters. The number of carbonyl (C=O) groups is 4. The monoisotopic (exact) mass is 513 g/mol. The second kappa shape index (κ2) is 11.3. The summed E-state index contributed by atoms with van der Waals surface area (Å²) >= 11 is 2.29. The second-order valence-electron chi connectivity index (χ2n) is 7.93. The summed E-state index contributed by atoms with van der Waals surface area (Å²) in [5, 5.41) is 12.5. The lowest BCUT2D eigenvalue weighted by molar-refractivity contribution is -0.136. The largest absolute Gasteiger partial charge is 0.481 e. The van der Waals surface area contributed by atoms with Gasteiger partial charge < -0.3 is 15.4 Å². The first-order valence-electron chi connectivity index (χ1n) is 11.0. The van der Waals surface area contributed by atoms with Gasteiger partial charge in [0.05, 0.1) is 22.0 Å². The number of hydrogen-bond acceptors (Lipinski definition) is 8. The predicted octanol–water partition coefficient (Wildman–Crippen LogP) is 3.72. The van der Waals surface area contributed by atoms with Gasteiger partial charge in [0, 0.05) is 18.3 Å². The van der Waals surface area contributed by atoms with Crippen LogP contribution in [0.5, 0.6) is 0 Å². The Balaban J connectivity index is 1.48. The number of aromatic nitrogens is 3. The zero-order valence-corrected chi connectivity index (χ0v) is 20.2. The number of carboxylic acid groups (broad SMARTS) is 1. The number of carbonyl (C=O) groups excluding carboxylic acids is 3. The third kappa shape index (κ3) is 6.34. The highest BCUT2D eigenvalue weighted by atomic mass is 32.2. The number of imidazole rings is 1. The maximum Gasteiger partial charge on any atom is 0.309 e. The van der Waals surface area contributed by atoms with Gasteiger partial charge in [0.15, 0.2) is 10.3 Å². The molecule has 2 aromatic heterocycles. The quantitative estimate of drug-likeness (QED) is 0.367. The summed E-state index contributed by atoms with van der Waals surface area (Å²) in [5.41, 5.74) is 0.713. The number of anilines is 2. The summed E-state index contributed by atoms with van der Waals surface area (Å²) in [4.78, 5) is 62.6. The van der Waals surface area contributed by atoms with Gasteiger partial charge in [0.1, 0.15) is 6.42 Å². The van der Waals surface area contributed by atoms with Crippen molar-refractivity contribution in [1.29, 1.82) is 0 Å². The summed E-state index contributed by atoms with van der Waals surface area (Å²) in [6.45, 7) is 0. The molecule has 3 aromatic rings. The molecule has 3 N–H and O–H groups in total. The zero-order chi connectivity index (χ0) is 24.8. The minimum absolute atomic E-state index is 0.168. The van der Waals surface area contributed by atoms with E-state index in [0.29, 0.717) is 15.1 Å². The third-order valence-electron chi connectivity index (χ3n) is 5.39. The van der Waals surface area contributed by atoms with Crippen molar-refractivity contribution in [1.82, 2.24) is 15.0 Å². The Morgan fingerprint density at radius 1 is 1.17 bits per heavy atom. The van der Waals surface area contributed by atoms with E-state index in [0.717, 1.165) is 41.9 Å². The number of carboxylic acids is 1. The molecular weight excluding hydrogens is 490 g/mol. The maximum atomic E-state index is 13.1. The van der Waals surface area contributed by atoms with Crippen LogP contribution in [-0.2, 0) is 25.6 Å². The number of imide groups is 1. The molecule has 182 valence electrons. The fourth-order valence-electron chi connectivity index (χ4n) is 3.83. The Morgan fingerprint density at radius 3 is 2.57 bits per heavy atom. The molecule has 1 aliphatic carbocycles. The first-order chi connectivity index (χ1) is 16.9. The first-order valence-corrected chi connectivity index (χ1v) is 12.6. The van der Waals surface area contributed by atoms with Crippen molar-refractivity contribution in [3.63, 3.8) is 0 Å². The van der Waals surface area contributed by atoms with Crippen molar-refractivity contribution >= 4 is 57.6 Å².